The predicted molar refractivity (Wildman–Crippen MR) is 65.4 cm³/mol. The molecular weight excluding hydrogens is 248 g/mol. The second-order valence-corrected chi connectivity index (χ2v) is 4.91. The van der Waals surface area contributed by atoms with E-state index in [4.69, 9.17) is 9.84 Å². The zero-order valence-electron chi connectivity index (χ0n) is 10.1. The minimum Gasteiger partial charge on any atom is -0.477 e. The van der Waals surface area contributed by atoms with Gasteiger partial charge in [0.05, 0.1) is 31.5 Å². The normalized spacial score (nSPS) is 25.4. The van der Waals surface area contributed by atoms with Crippen LogP contribution < -0.4 is 4.90 Å². The van der Waals surface area contributed by atoms with Gasteiger partial charge in [-0.15, -0.1) is 0 Å². The molecule has 4 heterocycles. The zero-order chi connectivity index (χ0) is 13.0. The van der Waals surface area contributed by atoms with E-state index in [2.05, 4.69) is 15.0 Å². The first-order valence-corrected chi connectivity index (χ1v) is 6.18. The highest BCUT2D eigenvalue weighted by atomic mass is 16.5. The van der Waals surface area contributed by atoms with Gasteiger partial charge in [-0.25, -0.2) is 14.3 Å². The topological polar surface area (TPSA) is 80.0 Å². The number of carboxylic acids is 1. The van der Waals surface area contributed by atoms with Crippen LogP contribution in [0.4, 0.5) is 5.82 Å². The molecule has 0 spiro atoms. The second-order valence-electron chi connectivity index (χ2n) is 4.91. The van der Waals surface area contributed by atoms with Crippen molar-refractivity contribution in [3.63, 3.8) is 0 Å². The molecule has 0 aliphatic carbocycles. The first-order valence-electron chi connectivity index (χ1n) is 6.18. The van der Waals surface area contributed by atoms with Gasteiger partial charge >= 0.3 is 5.97 Å². The molecule has 0 aromatic carbocycles. The van der Waals surface area contributed by atoms with Crippen LogP contribution in [0.25, 0.3) is 5.65 Å². The summed E-state index contributed by atoms with van der Waals surface area (Å²) in [7, 11) is 0. The third-order valence-corrected chi connectivity index (χ3v) is 3.80. The number of anilines is 1. The molecule has 2 aromatic heterocycles. The van der Waals surface area contributed by atoms with E-state index in [-0.39, 0.29) is 5.56 Å². The Morgan fingerprint density at radius 2 is 2.21 bits per heavy atom. The van der Waals surface area contributed by atoms with Gasteiger partial charge < -0.3 is 14.7 Å². The van der Waals surface area contributed by atoms with Crippen LogP contribution in [0.5, 0.6) is 0 Å². The monoisotopic (exact) mass is 260 g/mol. The van der Waals surface area contributed by atoms with E-state index in [1.54, 1.807) is 6.20 Å². The Hall–Kier alpha value is -2.15. The van der Waals surface area contributed by atoms with E-state index >= 15 is 0 Å². The van der Waals surface area contributed by atoms with Crippen molar-refractivity contribution < 1.29 is 14.6 Å². The largest absolute Gasteiger partial charge is 0.477 e. The summed E-state index contributed by atoms with van der Waals surface area (Å²) in [6.45, 7) is 1.43. The highest BCUT2D eigenvalue weighted by molar-refractivity contribution is 5.94. The van der Waals surface area contributed by atoms with Crippen LogP contribution in [0.2, 0.25) is 0 Å². The molecule has 1 N–H and O–H groups in total. The molecule has 2 aliphatic rings. The quantitative estimate of drug-likeness (QED) is 0.842. The summed E-state index contributed by atoms with van der Waals surface area (Å²) < 4.78 is 6.92. The summed E-state index contributed by atoms with van der Waals surface area (Å²) in [5.41, 5.74) is 0.514. The van der Waals surface area contributed by atoms with Crippen molar-refractivity contribution in [2.24, 2.45) is 0 Å². The Labute approximate surface area is 108 Å². The van der Waals surface area contributed by atoms with Crippen molar-refractivity contribution in [2.45, 2.75) is 18.5 Å². The fourth-order valence-corrected chi connectivity index (χ4v) is 2.87. The molecule has 0 radical (unpaired) electrons. The van der Waals surface area contributed by atoms with Crippen LogP contribution in [0, 0.1) is 0 Å². The number of nitrogens with zero attached hydrogens (tertiary/aromatic N) is 4. The van der Waals surface area contributed by atoms with Gasteiger partial charge in [0.15, 0.2) is 5.65 Å². The lowest BCUT2D eigenvalue weighted by Gasteiger charge is -2.53. The summed E-state index contributed by atoms with van der Waals surface area (Å²) in [6, 6.07) is 2.60. The van der Waals surface area contributed by atoms with E-state index < -0.39 is 5.97 Å². The van der Waals surface area contributed by atoms with Crippen molar-refractivity contribution >= 4 is 17.4 Å². The number of carboxylic acid groups (broad SMARTS) is 1. The molecule has 98 valence electrons. The summed E-state index contributed by atoms with van der Waals surface area (Å²) in [4.78, 5) is 17.8. The maximum atomic E-state index is 11.1. The number of aromatic carboxylic acids is 1. The van der Waals surface area contributed by atoms with Gasteiger partial charge in [0, 0.05) is 6.20 Å². The van der Waals surface area contributed by atoms with Crippen LogP contribution >= 0.6 is 0 Å². The average molecular weight is 260 g/mol. The molecule has 2 aromatic rings. The summed E-state index contributed by atoms with van der Waals surface area (Å²) in [6.07, 6.45) is 4.20. The van der Waals surface area contributed by atoms with E-state index in [0.717, 1.165) is 12.2 Å². The minimum absolute atomic E-state index is 0.129. The number of rotatable bonds is 2. The lowest BCUT2D eigenvalue weighted by molar-refractivity contribution is 0.00972. The van der Waals surface area contributed by atoms with Gasteiger partial charge in [0.2, 0.25) is 0 Å². The average Bonchev–Trinajstić information content (AvgIpc) is 2.82. The van der Waals surface area contributed by atoms with Gasteiger partial charge in [-0.2, -0.15) is 5.10 Å². The third-order valence-electron chi connectivity index (χ3n) is 3.80. The SMILES string of the molecule is O=C(O)c1cnn2ccc(N3C4COCC3C4)nc12. The smallest absolute Gasteiger partial charge is 0.341 e. The van der Waals surface area contributed by atoms with Gasteiger partial charge in [-0.05, 0) is 12.5 Å². The molecule has 7 heteroatoms. The maximum absolute atomic E-state index is 11.1. The molecule has 4 rings (SSSR count). The number of aromatic nitrogens is 3. The first kappa shape index (κ1) is 10.7. The van der Waals surface area contributed by atoms with Gasteiger partial charge in [0.25, 0.3) is 0 Å². The molecule has 2 atom stereocenters. The van der Waals surface area contributed by atoms with Crippen molar-refractivity contribution in [3.05, 3.63) is 24.0 Å². The summed E-state index contributed by atoms with van der Waals surface area (Å²) in [5, 5.41) is 13.1. The Morgan fingerprint density at radius 3 is 2.89 bits per heavy atom. The van der Waals surface area contributed by atoms with Crippen LogP contribution in [-0.4, -0.2) is 51.0 Å². The van der Waals surface area contributed by atoms with Crippen molar-refractivity contribution in [3.8, 4) is 0 Å². The number of hydrogen-bond acceptors (Lipinski definition) is 5. The third kappa shape index (κ3) is 1.45. The van der Waals surface area contributed by atoms with Crippen molar-refractivity contribution in [1.82, 2.24) is 14.6 Å². The number of morpholine rings is 1. The molecule has 2 bridgehead atoms. The molecular formula is C12H12N4O3. The molecule has 0 saturated carbocycles. The maximum Gasteiger partial charge on any atom is 0.341 e. The van der Waals surface area contributed by atoms with Crippen LogP contribution in [0.15, 0.2) is 18.5 Å². The summed E-state index contributed by atoms with van der Waals surface area (Å²) >= 11 is 0. The molecule has 2 fully saturated rings. The number of carbonyl (C=O) groups is 1. The van der Waals surface area contributed by atoms with E-state index in [1.807, 2.05) is 6.07 Å². The van der Waals surface area contributed by atoms with E-state index in [9.17, 15) is 4.79 Å². The molecule has 2 saturated heterocycles. The molecule has 19 heavy (non-hydrogen) atoms. The lowest BCUT2D eigenvalue weighted by atomic mass is 9.91. The Bertz CT molecular complexity index is 654. The Balaban J connectivity index is 1.79. The molecule has 2 aliphatic heterocycles. The van der Waals surface area contributed by atoms with Gasteiger partial charge in [-0.1, -0.05) is 0 Å². The van der Waals surface area contributed by atoms with Crippen molar-refractivity contribution in [1.29, 1.82) is 0 Å². The van der Waals surface area contributed by atoms with E-state index in [0.29, 0.717) is 30.9 Å². The number of ether oxygens (including phenoxy) is 1. The highest BCUT2D eigenvalue weighted by Gasteiger charge is 2.43. The molecule has 0 amide bonds. The second kappa shape index (κ2) is 3.67. The molecule has 2 unspecified atom stereocenters. The Kier molecular flexibility index (Phi) is 2.08. The van der Waals surface area contributed by atoms with Crippen LogP contribution in [0.1, 0.15) is 16.8 Å². The fourth-order valence-electron chi connectivity index (χ4n) is 2.87. The zero-order valence-corrected chi connectivity index (χ0v) is 10.1. The van der Waals surface area contributed by atoms with Gasteiger partial charge in [-0.3, -0.25) is 0 Å². The minimum atomic E-state index is -1.01. The molecule has 7 nitrogen and oxygen atoms in total. The van der Waals surface area contributed by atoms with Crippen LogP contribution in [-0.2, 0) is 4.74 Å². The number of fused-ring (bicyclic) bond motifs is 3. The highest BCUT2D eigenvalue weighted by Crippen LogP contribution is 2.35. The Morgan fingerprint density at radius 1 is 1.42 bits per heavy atom. The van der Waals surface area contributed by atoms with Gasteiger partial charge in [0.1, 0.15) is 11.4 Å². The van der Waals surface area contributed by atoms with Crippen molar-refractivity contribution in [2.75, 3.05) is 18.1 Å². The summed E-state index contributed by atoms with van der Waals surface area (Å²) in [5.74, 6) is -0.202. The number of hydrogen-bond donors (Lipinski definition) is 1. The standard InChI is InChI=1S/C12H12N4O3/c17-12(18)9-4-13-15-2-1-10(14-11(9)15)16-7-3-8(16)6-19-5-7/h1-2,4,7-8H,3,5-6H2,(H,17,18). The fraction of sp³-hybridized carbons (Fsp3) is 0.417. The van der Waals surface area contributed by atoms with Crippen LogP contribution in [0.3, 0.4) is 0 Å². The first-order chi connectivity index (χ1) is 9.24. The predicted octanol–water partition coefficient (Wildman–Crippen LogP) is 0.405. The van der Waals surface area contributed by atoms with E-state index in [1.165, 1.54) is 10.7 Å². The lowest BCUT2D eigenvalue weighted by Crippen LogP contribution is -2.64.